The highest BCUT2D eigenvalue weighted by atomic mass is 35.5. The molecular formula is C15H15ClFNS. The minimum Gasteiger partial charge on any atom is -0.384 e. The minimum atomic E-state index is -0.214. The first-order valence-corrected chi connectivity index (χ1v) is 7.59. The van der Waals surface area contributed by atoms with E-state index in [1.807, 2.05) is 30.3 Å². The average Bonchev–Trinajstić information content (AvgIpc) is 2.40. The van der Waals surface area contributed by atoms with E-state index in [9.17, 15) is 4.39 Å². The van der Waals surface area contributed by atoms with Gasteiger partial charge in [-0.25, -0.2) is 4.39 Å². The molecule has 0 aliphatic carbocycles. The molecule has 0 aliphatic heterocycles. The van der Waals surface area contributed by atoms with Gasteiger partial charge in [-0.2, -0.15) is 11.8 Å². The lowest BCUT2D eigenvalue weighted by atomic mass is 10.2. The van der Waals surface area contributed by atoms with E-state index >= 15 is 0 Å². The van der Waals surface area contributed by atoms with Crippen molar-refractivity contribution in [3.05, 3.63) is 64.9 Å². The Balaban J connectivity index is 1.69. The zero-order valence-electron chi connectivity index (χ0n) is 10.4. The van der Waals surface area contributed by atoms with E-state index in [2.05, 4.69) is 5.32 Å². The number of hydrogen-bond donors (Lipinski definition) is 1. The van der Waals surface area contributed by atoms with Gasteiger partial charge >= 0.3 is 0 Å². The molecule has 0 fully saturated rings. The van der Waals surface area contributed by atoms with Crippen LogP contribution in [-0.4, -0.2) is 12.3 Å². The summed E-state index contributed by atoms with van der Waals surface area (Å²) >= 11 is 7.88. The molecule has 2 aromatic rings. The molecular weight excluding hydrogens is 281 g/mol. The Labute approximate surface area is 122 Å². The van der Waals surface area contributed by atoms with Crippen molar-refractivity contribution in [2.75, 3.05) is 17.6 Å². The molecule has 100 valence electrons. The Bertz CT molecular complexity index is 533. The summed E-state index contributed by atoms with van der Waals surface area (Å²) in [6, 6.07) is 14.4. The van der Waals surface area contributed by atoms with Gasteiger partial charge in [-0.1, -0.05) is 35.9 Å². The molecule has 0 aromatic heterocycles. The smallest absolute Gasteiger partial charge is 0.125 e. The Hall–Kier alpha value is -1.19. The third-order valence-corrected chi connectivity index (χ3v) is 3.99. The largest absolute Gasteiger partial charge is 0.384 e. The predicted octanol–water partition coefficient (Wildman–Crippen LogP) is 4.82. The van der Waals surface area contributed by atoms with E-state index in [4.69, 9.17) is 11.6 Å². The number of rotatable bonds is 6. The lowest BCUT2D eigenvalue weighted by Crippen LogP contribution is -2.04. The normalized spacial score (nSPS) is 10.4. The first kappa shape index (κ1) is 14.2. The van der Waals surface area contributed by atoms with Crippen LogP contribution in [0.1, 0.15) is 5.56 Å². The molecule has 0 saturated heterocycles. The van der Waals surface area contributed by atoms with Crippen molar-refractivity contribution in [2.45, 2.75) is 5.75 Å². The number of anilines is 1. The molecule has 0 heterocycles. The van der Waals surface area contributed by atoms with Gasteiger partial charge in [0, 0.05) is 28.8 Å². The van der Waals surface area contributed by atoms with Gasteiger partial charge in [0.1, 0.15) is 5.82 Å². The van der Waals surface area contributed by atoms with E-state index in [1.54, 1.807) is 17.8 Å². The van der Waals surface area contributed by atoms with E-state index < -0.39 is 0 Å². The molecule has 2 rings (SSSR count). The molecule has 0 unspecified atom stereocenters. The number of thioether (sulfide) groups is 1. The van der Waals surface area contributed by atoms with Crippen LogP contribution in [0.4, 0.5) is 10.1 Å². The summed E-state index contributed by atoms with van der Waals surface area (Å²) in [5, 5.41) is 4.01. The SMILES string of the molecule is Fc1cccc(NCCSCc2ccccc2Cl)c1. The molecule has 0 aliphatic rings. The van der Waals surface area contributed by atoms with E-state index in [0.717, 1.165) is 34.3 Å². The highest BCUT2D eigenvalue weighted by Crippen LogP contribution is 2.20. The maximum absolute atomic E-state index is 12.9. The van der Waals surface area contributed by atoms with E-state index in [0.29, 0.717) is 0 Å². The van der Waals surface area contributed by atoms with Gasteiger partial charge in [0.25, 0.3) is 0 Å². The first-order chi connectivity index (χ1) is 9.25. The molecule has 2 aromatic carbocycles. The zero-order valence-corrected chi connectivity index (χ0v) is 12.0. The summed E-state index contributed by atoms with van der Waals surface area (Å²) in [5.74, 6) is 1.63. The summed E-state index contributed by atoms with van der Waals surface area (Å²) in [6.07, 6.45) is 0. The van der Waals surface area contributed by atoms with Gasteiger partial charge in [0.15, 0.2) is 0 Å². The highest BCUT2D eigenvalue weighted by molar-refractivity contribution is 7.98. The Kier molecular flexibility index (Phi) is 5.55. The molecule has 0 amide bonds. The Morgan fingerprint density at radius 3 is 2.74 bits per heavy atom. The van der Waals surface area contributed by atoms with Gasteiger partial charge < -0.3 is 5.32 Å². The van der Waals surface area contributed by atoms with Gasteiger partial charge in [0.2, 0.25) is 0 Å². The number of halogens is 2. The molecule has 0 saturated carbocycles. The molecule has 0 spiro atoms. The zero-order chi connectivity index (χ0) is 13.5. The second-order valence-corrected chi connectivity index (χ2v) is 5.59. The number of nitrogens with one attached hydrogen (secondary N) is 1. The molecule has 0 atom stereocenters. The maximum Gasteiger partial charge on any atom is 0.125 e. The highest BCUT2D eigenvalue weighted by Gasteiger charge is 1.99. The van der Waals surface area contributed by atoms with Gasteiger partial charge in [-0.15, -0.1) is 0 Å². The van der Waals surface area contributed by atoms with Gasteiger partial charge in [0.05, 0.1) is 0 Å². The lowest BCUT2D eigenvalue weighted by molar-refractivity contribution is 0.628. The standard InChI is InChI=1S/C15H15ClFNS/c16-15-7-2-1-4-12(15)11-19-9-8-18-14-6-3-5-13(17)10-14/h1-7,10,18H,8-9,11H2. The third-order valence-electron chi connectivity index (χ3n) is 2.62. The minimum absolute atomic E-state index is 0.214. The van der Waals surface area contributed by atoms with Crippen molar-refractivity contribution >= 4 is 29.1 Å². The fourth-order valence-corrected chi connectivity index (χ4v) is 2.81. The van der Waals surface area contributed by atoms with Crippen LogP contribution < -0.4 is 5.32 Å². The molecule has 0 radical (unpaired) electrons. The van der Waals surface area contributed by atoms with Crippen LogP contribution >= 0.6 is 23.4 Å². The topological polar surface area (TPSA) is 12.0 Å². The lowest BCUT2D eigenvalue weighted by Gasteiger charge is -2.07. The third kappa shape index (κ3) is 4.77. The number of hydrogen-bond acceptors (Lipinski definition) is 2. The average molecular weight is 296 g/mol. The van der Waals surface area contributed by atoms with Crippen LogP contribution in [0.25, 0.3) is 0 Å². The van der Waals surface area contributed by atoms with Crippen LogP contribution in [0.15, 0.2) is 48.5 Å². The van der Waals surface area contributed by atoms with Crippen LogP contribution in [0.3, 0.4) is 0 Å². The number of benzene rings is 2. The summed E-state index contributed by atoms with van der Waals surface area (Å²) in [6.45, 7) is 0.804. The van der Waals surface area contributed by atoms with Gasteiger partial charge in [-0.05, 0) is 29.8 Å². The first-order valence-electron chi connectivity index (χ1n) is 6.06. The predicted molar refractivity (Wildman–Crippen MR) is 82.5 cm³/mol. The van der Waals surface area contributed by atoms with Gasteiger partial charge in [-0.3, -0.25) is 0 Å². The fourth-order valence-electron chi connectivity index (χ4n) is 1.66. The van der Waals surface area contributed by atoms with Crippen molar-refractivity contribution in [1.82, 2.24) is 0 Å². The Morgan fingerprint density at radius 1 is 1.11 bits per heavy atom. The van der Waals surface area contributed by atoms with Crippen molar-refractivity contribution in [2.24, 2.45) is 0 Å². The summed E-state index contributed by atoms with van der Waals surface area (Å²) in [7, 11) is 0. The van der Waals surface area contributed by atoms with E-state index in [1.165, 1.54) is 12.1 Å². The maximum atomic E-state index is 12.9. The molecule has 0 bridgehead atoms. The summed E-state index contributed by atoms with van der Waals surface area (Å²) in [5.41, 5.74) is 1.97. The van der Waals surface area contributed by atoms with Crippen molar-refractivity contribution in [1.29, 1.82) is 0 Å². The van der Waals surface area contributed by atoms with Crippen LogP contribution in [0.5, 0.6) is 0 Å². The molecule has 4 heteroatoms. The molecule has 19 heavy (non-hydrogen) atoms. The van der Waals surface area contributed by atoms with Crippen molar-refractivity contribution in [3.8, 4) is 0 Å². The van der Waals surface area contributed by atoms with Crippen molar-refractivity contribution < 1.29 is 4.39 Å². The monoisotopic (exact) mass is 295 g/mol. The van der Waals surface area contributed by atoms with Crippen LogP contribution in [0.2, 0.25) is 5.02 Å². The van der Waals surface area contributed by atoms with Crippen LogP contribution in [0, 0.1) is 5.82 Å². The summed E-state index contributed by atoms with van der Waals surface area (Å²) in [4.78, 5) is 0. The molecule has 1 nitrogen and oxygen atoms in total. The van der Waals surface area contributed by atoms with Crippen LogP contribution in [-0.2, 0) is 5.75 Å². The second-order valence-electron chi connectivity index (χ2n) is 4.08. The fraction of sp³-hybridized carbons (Fsp3) is 0.200. The summed E-state index contributed by atoms with van der Waals surface area (Å²) < 4.78 is 12.9. The van der Waals surface area contributed by atoms with Crippen molar-refractivity contribution in [3.63, 3.8) is 0 Å². The molecule has 1 N–H and O–H groups in total. The van der Waals surface area contributed by atoms with E-state index in [-0.39, 0.29) is 5.82 Å². The Morgan fingerprint density at radius 2 is 1.95 bits per heavy atom. The quantitative estimate of drug-likeness (QED) is 0.767. The second kappa shape index (κ2) is 7.41.